The molecule has 2 amide bonds. The number of carbonyl (C=O) groups is 2. The summed E-state index contributed by atoms with van der Waals surface area (Å²) in [5, 5.41) is 11.4. The van der Waals surface area contributed by atoms with Gasteiger partial charge in [-0.2, -0.15) is 0 Å². The Labute approximate surface area is 337 Å². The van der Waals surface area contributed by atoms with Gasteiger partial charge in [0.15, 0.2) is 6.29 Å². The summed E-state index contributed by atoms with van der Waals surface area (Å²) in [6.45, 7) is 21.4. The van der Waals surface area contributed by atoms with Gasteiger partial charge in [-0.1, -0.05) is 74.7 Å². The van der Waals surface area contributed by atoms with Crippen LogP contribution in [0.3, 0.4) is 0 Å². The first-order valence-electron chi connectivity index (χ1n) is 22.4. The molecule has 8 nitrogen and oxygen atoms in total. The van der Waals surface area contributed by atoms with E-state index in [-0.39, 0.29) is 29.3 Å². The Morgan fingerprint density at radius 3 is 2.16 bits per heavy atom. The Morgan fingerprint density at radius 2 is 1.58 bits per heavy atom. The highest BCUT2D eigenvalue weighted by Crippen LogP contribution is 2.89. The third-order valence-electron chi connectivity index (χ3n) is 15.3. The molecule has 8 heteroatoms. The quantitative estimate of drug-likeness (QED) is 0.135. The van der Waals surface area contributed by atoms with Crippen LogP contribution in [0.4, 0.5) is 0 Å². The van der Waals surface area contributed by atoms with E-state index in [4.69, 9.17) is 14.2 Å². The van der Waals surface area contributed by atoms with Gasteiger partial charge in [-0.05, 0) is 128 Å². The minimum absolute atomic E-state index is 0.0878. The number of hydrogen-bond acceptors (Lipinski definition) is 6. The van der Waals surface area contributed by atoms with Crippen molar-refractivity contribution in [3.63, 3.8) is 0 Å². The predicted octanol–water partition coefficient (Wildman–Crippen LogP) is 9.23. The normalized spacial score (nSPS) is 38.8. The molecule has 11 atom stereocenters. The first kappa shape index (κ1) is 47.7. The fourth-order valence-electron chi connectivity index (χ4n) is 12.9. The number of hydrogen-bond donors (Lipinski definition) is 1. The van der Waals surface area contributed by atoms with Gasteiger partial charge in [0, 0.05) is 40.8 Å². The minimum Gasteiger partial charge on any atom is -0.393 e. The van der Waals surface area contributed by atoms with Gasteiger partial charge in [0.25, 0.3) is 0 Å². The number of aliphatic hydroxyl groups is 1. The van der Waals surface area contributed by atoms with E-state index in [9.17, 15) is 14.7 Å². The molecule has 4 unspecified atom stereocenters. The summed E-state index contributed by atoms with van der Waals surface area (Å²) >= 11 is 0. The standard InChI is InChI=1S/C36H59NO5.C3H7NO.2C3H8.C2H2/c1-23-35-16-15-34(4)26(8-6-7-18-40-5)28(38)21-27(34)25(35)11-12-29-33(2,3)30(13-14-36(23,29)35)42-32-22-37(17-19-41-32)31(39)20-24-9-10-24;1-4(2)3-5;2*1-3-2;1-2/h23-30,32,38H,6-22H2,1-5H3;3H,1-2H3;2*3H2,1-2H3;1-2H/t23?,25-,26-,27?,28+,29?,30-,32?,34+,35-,36+;;;;/m0..../s1. The van der Waals surface area contributed by atoms with Crippen LogP contribution >= 0.6 is 0 Å². The lowest BCUT2D eigenvalue weighted by Gasteiger charge is -2.59. The van der Waals surface area contributed by atoms with Crippen molar-refractivity contribution in [3.8, 4) is 12.8 Å². The van der Waals surface area contributed by atoms with Crippen molar-refractivity contribution in [2.45, 2.75) is 170 Å². The fraction of sp³-hybridized carbons (Fsp3) is 0.915. The number of fused-ring (bicyclic) bond motifs is 2. The summed E-state index contributed by atoms with van der Waals surface area (Å²) in [6, 6.07) is 0. The number of ether oxygens (including phenoxy) is 3. The van der Waals surface area contributed by atoms with Gasteiger partial charge < -0.3 is 29.1 Å². The molecule has 6 saturated carbocycles. The maximum atomic E-state index is 12.8. The zero-order valence-electron chi connectivity index (χ0n) is 37.2. The Bertz CT molecular complexity index is 1200. The number of methoxy groups -OCH3 is 1. The summed E-state index contributed by atoms with van der Waals surface area (Å²) in [4.78, 5) is 25.7. The third kappa shape index (κ3) is 9.80. The zero-order valence-corrected chi connectivity index (χ0v) is 37.2. The Kier molecular flexibility index (Phi) is 18.1. The highest BCUT2D eigenvalue weighted by atomic mass is 16.7. The molecule has 1 saturated heterocycles. The number of aliphatic hydroxyl groups excluding tert-OH is 1. The maximum Gasteiger partial charge on any atom is 0.223 e. The number of nitrogens with zero attached hydrogens (tertiary/aromatic N) is 2. The summed E-state index contributed by atoms with van der Waals surface area (Å²) < 4.78 is 18.3. The summed E-state index contributed by atoms with van der Waals surface area (Å²) in [5.41, 5.74) is 1.27. The number of rotatable bonds is 10. The Balaban J connectivity index is 0.000000551. The summed E-state index contributed by atoms with van der Waals surface area (Å²) in [7, 11) is 5.17. The molecule has 7 aliphatic rings. The van der Waals surface area contributed by atoms with Gasteiger partial charge in [-0.15, -0.1) is 12.8 Å². The van der Waals surface area contributed by atoms with Crippen molar-refractivity contribution in [3.05, 3.63) is 0 Å². The van der Waals surface area contributed by atoms with Gasteiger partial charge in [0.1, 0.15) is 0 Å². The molecule has 0 aromatic heterocycles. The van der Waals surface area contributed by atoms with E-state index >= 15 is 0 Å². The van der Waals surface area contributed by atoms with Crippen LogP contribution in [0.15, 0.2) is 0 Å². The van der Waals surface area contributed by atoms with E-state index in [1.165, 1.54) is 69.1 Å². The monoisotopic (exact) mass is 773 g/mol. The maximum absolute atomic E-state index is 12.8. The molecule has 0 bridgehead atoms. The molecule has 2 spiro atoms. The van der Waals surface area contributed by atoms with Crippen molar-refractivity contribution in [2.24, 2.45) is 57.2 Å². The van der Waals surface area contributed by atoms with Gasteiger partial charge in [-0.25, -0.2) is 0 Å². The molecule has 55 heavy (non-hydrogen) atoms. The number of amides is 2. The summed E-state index contributed by atoms with van der Waals surface area (Å²) in [6.07, 6.45) is 26.2. The van der Waals surface area contributed by atoms with Crippen molar-refractivity contribution < 1.29 is 28.9 Å². The van der Waals surface area contributed by atoms with Crippen molar-refractivity contribution in [1.29, 1.82) is 0 Å². The van der Waals surface area contributed by atoms with E-state index in [0.717, 1.165) is 50.5 Å². The van der Waals surface area contributed by atoms with Crippen LogP contribution in [-0.2, 0) is 23.8 Å². The highest BCUT2D eigenvalue weighted by Gasteiger charge is 2.84. The number of unbranched alkanes of at least 4 members (excludes halogenated alkanes) is 1. The van der Waals surface area contributed by atoms with Crippen LogP contribution in [0.5, 0.6) is 0 Å². The lowest BCUT2D eigenvalue weighted by atomic mass is 9.46. The van der Waals surface area contributed by atoms with Crippen molar-refractivity contribution in [1.82, 2.24) is 9.80 Å². The van der Waals surface area contributed by atoms with Crippen LogP contribution in [0.1, 0.15) is 152 Å². The average Bonchev–Trinajstić information content (AvgIpc) is 4.05. The van der Waals surface area contributed by atoms with Gasteiger partial charge >= 0.3 is 0 Å². The fourth-order valence-corrected chi connectivity index (χ4v) is 12.9. The molecule has 0 aromatic rings. The predicted molar refractivity (Wildman–Crippen MR) is 224 cm³/mol. The second-order valence-corrected chi connectivity index (χ2v) is 19.3. The van der Waals surface area contributed by atoms with Crippen LogP contribution in [0.2, 0.25) is 0 Å². The van der Waals surface area contributed by atoms with Gasteiger partial charge in [0.2, 0.25) is 12.3 Å². The van der Waals surface area contributed by atoms with Gasteiger partial charge in [0.05, 0.1) is 25.4 Å². The molecule has 1 heterocycles. The number of terminal acetylenes is 1. The number of carbonyl (C=O) groups excluding carboxylic acids is 2. The SMILES string of the molecule is C#C.CCC.CCC.CN(C)C=O.COCCCC[C@H]1[C@H](O)CC2[C@@H]3CCC4C(C)(C)[C@@H](OC5CN(C(=O)CC6CC6)CCO5)CC[C@@]45C(C)[C@@]35CC[C@@]21C. The van der Waals surface area contributed by atoms with Gasteiger partial charge in [-0.3, -0.25) is 9.59 Å². The van der Waals surface area contributed by atoms with Crippen LogP contribution < -0.4 is 0 Å². The third-order valence-corrected chi connectivity index (χ3v) is 15.3. The Morgan fingerprint density at radius 1 is 0.945 bits per heavy atom. The largest absolute Gasteiger partial charge is 0.393 e. The van der Waals surface area contributed by atoms with Crippen LogP contribution in [0, 0.1) is 70.0 Å². The molecule has 1 N–H and O–H groups in total. The molecular weight excluding hydrogens is 689 g/mol. The van der Waals surface area contributed by atoms with Crippen LogP contribution in [-0.4, -0.2) is 93.2 Å². The smallest absolute Gasteiger partial charge is 0.223 e. The minimum atomic E-state index is -0.293. The molecule has 6 aliphatic carbocycles. The topological polar surface area (TPSA) is 88.5 Å². The second-order valence-electron chi connectivity index (χ2n) is 19.3. The first-order chi connectivity index (χ1) is 26.2. The lowest BCUT2D eigenvalue weighted by Crippen LogP contribution is -2.56. The molecule has 7 rings (SSSR count). The van der Waals surface area contributed by atoms with Crippen LogP contribution in [0.25, 0.3) is 0 Å². The van der Waals surface area contributed by atoms with E-state index in [1.54, 1.807) is 21.2 Å². The highest BCUT2D eigenvalue weighted by molar-refractivity contribution is 5.76. The lowest BCUT2D eigenvalue weighted by molar-refractivity contribution is -0.244. The molecule has 0 radical (unpaired) electrons. The second kappa shape index (κ2) is 20.9. The Hall–Kier alpha value is -1.66. The van der Waals surface area contributed by atoms with Crippen molar-refractivity contribution >= 4 is 12.3 Å². The first-order valence-corrected chi connectivity index (χ1v) is 22.4. The van der Waals surface area contributed by atoms with Crippen molar-refractivity contribution in [2.75, 3.05) is 47.5 Å². The van der Waals surface area contributed by atoms with E-state index in [1.807, 2.05) is 4.90 Å². The molecule has 1 aliphatic heterocycles. The molecule has 7 fully saturated rings. The average molecular weight is 773 g/mol. The summed E-state index contributed by atoms with van der Waals surface area (Å²) in [5.74, 6) is 4.24. The molecule has 0 aromatic carbocycles. The molecule has 318 valence electrons. The van der Waals surface area contributed by atoms with E-state index < -0.39 is 0 Å². The van der Waals surface area contributed by atoms with E-state index in [0.29, 0.717) is 66.5 Å². The number of morpholine rings is 1. The zero-order chi connectivity index (χ0) is 41.2. The molecular formula is C47H84N2O6. The van der Waals surface area contributed by atoms with E-state index in [2.05, 4.69) is 68.2 Å².